The smallest absolute Gasteiger partial charge is 0.251 e. The van der Waals surface area contributed by atoms with Crippen LogP contribution in [0.2, 0.25) is 0 Å². The number of hydrogen-bond donors (Lipinski definition) is 2. The van der Waals surface area contributed by atoms with E-state index in [1.165, 1.54) is 5.56 Å². The van der Waals surface area contributed by atoms with Gasteiger partial charge in [-0.2, -0.15) is 5.26 Å². The summed E-state index contributed by atoms with van der Waals surface area (Å²) < 4.78 is 0. The Balaban J connectivity index is 2.04. The van der Waals surface area contributed by atoms with E-state index >= 15 is 0 Å². The van der Waals surface area contributed by atoms with Gasteiger partial charge in [-0.1, -0.05) is 45.7 Å². The molecule has 1 aromatic carbocycles. The van der Waals surface area contributed by atoms with Crippen molar-refractivity contribution in [1.29, 1.82) is 5.26 Å². The number of nitrogens with one attached hydrogen (secondary N) is 2. The van der Waals surface area contributed by atoms with Crippen LogP contribution in [-0.2, 0) is 10.2 Å². The molecule has 0 spiro atoms. The van der Waals surface area contributed by atoms with Crippen LogP contribution < -0.4 is 10.6 Å². The van der Waals surface area contributed by atoms with E-state index in [0.29, 0.717) is 5.56 Å². The van der Waals surface area contributed by atoms with Crippen LogP contribution in [0.15, 0.2) is 24.3 Å². The second kappa shape index (κ2) is 8.15. The summed E-state index contributed by atoms with van der Waals surface area (Å²) in [4.78, 5) is 24.8. The first-order chi connectivity index (χ1) is 11.8. The maximum atomic E-state index is 12.6. The molecule has 0 radical (unpaired) electrons. The minimum Gasteiger partial charge on any atom is -0.349 e. The third-order valence-corrected chi connectivity index (χ3v) is 4.77. The van der Waals surface area contributed by atoms with E-state index in [1.54, 1.807) is 0 Å². The van der Waals surface area contributed by atoms with Crippen LogP contribution in [0.3, 0.4) is 0 Å². The van der Waals surface area contributed by atoms with Crippen molar-refractivity contribution in [2.75, 3.05) is 6.54 Å². The Morgan fingerprint density at radius 2 is 1.80 bits per heavy atom. The third kappa shape index (κ3) is 5.06. The topological polar surface area (TPSA) is 82.0 Å². The summed E-state index contributed by atoms with van der Waals surface area (Å²) in [5, 5.41) is 14.3. The van der Waals surface area contributed by atoms with Crippen LogP contribution in [0, 0.1) is 17.2 Å². The predicted octanol–water partition coefficient (Wildman–Crippen LogP) is 2.91. The quantitative estimate of drug-likeness (QED) is 0.826. The summed E-state index contributed by atoms with van der Waals surface area (Å²) in [6.07, 6.45) is 3.49. The molecule has 2 amide bonds. The lowest BCUT2D eigenvalue weighted by molar-refractivity contribution is -0.126. The van der Waals surface area contributed by atoms with Crippen molar-refractivity contribution < 1.29 is 9.59 Å². The van der Waals surface area contributed by atoms with Crippen molar-refractivity contribution in [2.45, 2.75) is 57.9 Å². The monoisotopic (exact) mass is 341 g/mol. The standard InChI is InChI=1S/C20H27N3O2/c1-20(2,3)15-10-8-14(9-11-15)18(24)23-17-7-5-4-6-16(17)19(25)22-13-12-21/h8-11,16-17H,4-7,13H2,1-3H3,(H,22,25)(H,23,24). The van der Waals surface area contributed by atoms with E-state index in [4.69, 9.17) is 5.26 Å². The summed E-state index contributed by atoms with van der Waals surface area (Å²) in [5.41, 5.74) is 1.83. The van der Waals surface area contributed by atoms with Gasteiger partial charge in [0.05, 0.1) is 12.0 Å². The van der Waals surface area contributed by atoms with Gasteiger partial charge in [0.25, 0.3) is 5.91 Å². The van der Waals surface area contributed by atoms with Gasteiger partial charge in [-0.05, 0) is 36.0 Å². The van der Waals surface area contributed by atoms with Gasteiger partial charge in [-0.15, -0.1) is 0 Å². The van der Waals surface area contributed by atoms with Crippen molar-refractivity contribution in [3.63, 3.8) is 0 Å². The lowest BCUT2D eigenvalue weighted by atomic mass is 9.83. The van der Waals surface area contributed by atoms with Crippen molar-refractivity contribution in [3.05, 3.63) is 35.4 Å². The molecule has 0 heterocycles. The number of benzene rings is 1. The van der Waals surface area contributed by atoms with E-state index in [1.807, 2.05) is 30.3 Å². The van der Waals surface area contributed by atoms with Crippen molar-refractivity contribution in [3.8, 4) is 6.07 Å². The fraction of sp³-hybridized carbons (Fsp3) is 0.550. The molecule has 1 aliphatic rings. The molecule has 2 unspecified atom stereocenters. The highest BCUT2D eigenvalue weighted by molar-refractivity contribution is 5.95. The fourth-order valence-electron chi connectivity index (χ4n) is 3.25. The summed E-state index contributed by atoms with van der Waals surface area (Å²) in [5.74, 6) is -0.556. The number of hydrogen-bond acceptors (Lipinski definition) is 3. The molecular formula is C20H27N3O2. The second-order valence-electron chi connectivity index (χ2n) is 7.67. The zero-order chi connectivity index (χ0) is 18.4. The summed E-state index contributed by atoms with van der Waals surface area (Å²) in [7, 11) is 0. The van der Waals surface area contributed by atoms with Crippen molar-refractivity contribution in [2.24, 2.45) is 5.92 Å². The summed E-state index contributed by atoms with van der Waals surface area (Å²) >= 11 is 0. The minimum atomic E-state index is -0.264. The van der Waals surface area contributed by atoms with Gasteiger partial charge >= 0.3 is 0 Å². The maximum Gasteiger partial charge on any atom is 0.251 e. The van der Waals surface area contributed by atoms with Gasteiger partial charge in [-0.3, -0.25) is 9.59 Å². The predicted molar refractivity (Wildman–Crippen MR) is 97.0 cm³/mol. The van der Waals surface area contributed by atoms with Gasteiger partial charge in [0.1, 0.15) is 6.54 Å². The number of amides is 2. The molecular weight excluding hydrogens is 314 g/mol. The van der Waals surface area contributed by atoms with Crippen LogP contribution >= 0.6 is 0 Å². The SMILES string of the molecule is CC(C)(C)c1ccc(C(=O)NC2CCCCC2C(=O)NCC#N)cc1. The van der Waals surface area contributed by atoms with Crippen LogP contribution in [0.5, 0.6) is 0 Å². The molecule has 2 rings (SSSR count). The number of carbonyl (C=O) groups is 2. The van der Waals surface area contributed by atoms with E-state index in [2.05, 4.69) is 31.4 Å². The molecule has 2 N–H and O–H groups in total. The van der Waals surface area contributed by atoms with E-state index in [9.17, 15) is 9.59 Å². The summed E-state index contributed by atoms with van der Waals surface area (Å²) in [6, 6.07) is 9.37. The molecule has 5 nitrogen and oxygen atoms in total. The van der Waals surface area contributed by atoms with Crippen LogP contribution in [0.4, 0.5) is 0 Å². The largest absolute Gasteiger partial charge is 0.349 e. The fourth-order valence-corrected chi connectivity index (χ4v) is 3.25. The van der Waals surface area contributed by atoms with Gasteiger partial charge in [0.15, 0.2) is 0 Å². The Bertz CT molecular complexity index is 653. The van der Waals surface area contributed by atoms with Crippen molar-refractivity contribution >= 4 is 11.8 Å². The average molecular weight is 341 g/mol. The maximum absolute atomic E-state index is 12.6. The Labute approximate surface area is 149 Å². The molecule has 0 aliphatic heterocycles. The summed E-state index contributed by atoms with van der Waals surface area (Å²) in [6.45, 7) is 6.40. The zero-order valence-corrected chi connectivity index (χ0v) is 15.3. The van der Waals surface area contributed by atoms with Gasteiger partial charge < -0.3 is 10.6 Å². The minimum absolute atomic E-state index is 0.00423. The molecule has 1 aromatic rings. The normalized spacial score (nSPS) is 20.4. The molecule has 25 heavy (non-hydrogen) atoms. The Kier molecular flexibility index (Phi) is 6.19. The first-order valence-corrected chi connectivity index (χ1v) is 8.89. The molecule has 1 aliphatic carbocycles. The highest BCUT2D eigenvalue weighted by atomic mass is 16.2. The number of rotatable bonds is 4. The molecule has 2 atom stereocenters. The Morgan fingerprint density at radius 1 is 1.16 bits per heavy atom. The van der Waals surface area contributed by atoms with Gasteiger partial charge in [0.2, 0.25) is 5.91 Å². The first kappa shape index (κ1) is 19.0. The van der Waals surface area contributed by atoms with Crippen LogP contribution in [0.1, 0.15) is 62.4 Å². The van der Waals surface area contributed by atoms with Crippen molar-refractivity contribution in [1.82, 2.24) is 10.6 Å². The van der Waals surface area contributed by atoms with Gasteiger partial charge in [-0.25, -0.2) is 0 Å². The molecule has 1 fully saturated rings. The second-order valence-corrected chi connectivity index (χ2v) is 7.67. The lowest BCUT2D eigenvalue weighted by Crippen LogP contribution is -2.48. The first-order valence-electron chi connectivity index (χ1n) is 8.89. The molecule has 1 saturated carbocycles. The number of nitrogens with zero attached hydrogens (tertiary/aromatic N) is 1. The lowest BCUT2D eigenvalue weighted by Gasteiger charge is -2.31. The molecule has 134 valence electrons. The molecule has 0 saturated heterocycles. The van der Waals surface area contributed by atoms with Crippen LogP contribution in [-0.4, -0.2) is 24.4 Å². The average Bonchev–Trinajstić information content (AvgIpc) is 2.59. The molecule has 0 bridgehead atoms. The van der Waals surface area contributed by atoms with E-state index in [0.717, 1.165) is 25.7 Å². The zero-order valence-electron chi connectivity index (χ0n) is 15.3. The van der Waals surface area contributed by atoms with E-state index < -0.39 is 0 Å². The third-order valence-electron chi connectivity index (χ3n) is 4.77. The van der Waals surface area contributed by atoms with E-state index in [-0.39, 0.29) is 35.7 Å². The highest BCUT2D eigenvalue weighted by Gasteiger charge is 2.32. The Hall–Kier alpha value is -2.35. The number of nitriles is 1. The van der Waals surface area contributed by atoms with Crippen LogP contribution in [0.25, 0.3) is 0 Å². The number of carbonyl (C=O) groups excluding carboxylic acids is 2. The Morgan fingerprint density at radius 3 is 2.40 bits per heavy atom. The molecule has 0 aromatic heterocycles. The highest BCUT2D eigenvalue weighted by Crippen LogP contribution is 2.26. The molecule has 5 heteroatoms. The van der Waals surface area contributed by atoms with Gasteiger partial charge in [0, 0.05) is 11.6 Å².